The summed E-state index contributed by atoms with van der Waals surface area (Å²) in [4.78, 5) is -0.223. The second kappa shape index (κ2) is 5.44. The molecule has 1 heterocycles. The van der Waals surface area contributed by atoms with Crippen LogP contribution in [-0.2, 0) is 14.8 Å². The third-order valence-electron chi connectivity index (χ3n) is 3.37. The number of para-hydroxylation sites is 1. The van der Waals surface area contributed by atoms with Gasteiger partial charge in [-0.3, -0.25) is 0 Å². The van der Waals surface area contributed by atoms with Crippen LogP contribution in [0.1, 0.15) is 13.3 Å². The summed E-state index contributed by atoms with van der Waals surface area (Å²) in [7, 11) is -3.79. The molecule has 0 amide bonds. The zero-order valence-corrected chi connectivity index (χ0v) is 11.4. The summed E-state index contributed by atoms with van der Waals surface area (Å²) >= 11 is 0. The number of nitrogens with two attached hydrogens (primary N) is 1. The lowest BCUT2D eigenvalue weighted by Gasteiger charge is -2.15. The highest BCUT2D eigenvalue weighted by molar-refractivity contribution is 7.89. The smallest absolute Gasteiger partial charge is 0.242 e. The molecule has 0 radical (unpaired) electrons. The van der Waals surface area contributed by atoms with Crippen LogP contribution in [0.5, 0.6) is 0 Å². The van der Waals surface area contributed by atoms with Crippen LogP contribution in [0.4, 0.5) is 10.1 Å². The Bertz CT molecular complexity index is 562. The first-order valence-electron chi connectivity index (χ1n) is 6.07. The Morgan fingerprint density at radius 3 is 2.89 bits per heavy atom. The van der Waals surface area contributed by atoms with Crippen molar-refractivity contribution in [3.63, 3.8) is 0 Å². The minimum absolute atomic E-state index is 0.0209. The van der Waals surface area contributed by atoms with Gasteiger partial charge in [0.15, 0.2) is 0 Å². The Balaban J connectivity index is 2.12. The van der Waals surface area contributed by atoms with Gasteiger partial charge < -0.3 is 10.5 Å². The number of nitrogens with one attached hydrogen (secondary N) is 1. The molecular weight excluding hydrogens is 271 g/mol. The maximum Gasteiger partial charge on any atom is 0.242 e. The maximum absolute atomic E-state index is 13.3. The molecule has 0 saturated carbocycles. The van der Waals surface area contributed by atoms with Crippen LogP contribution in [-0.4, -0.2) is 27.7 Å². The molecule has 2 atom stereocenters. The molecule has 106 valence electrons. The third-order valence-corrected chi connectivity index (χ3v) is 4.85. The van der Waals surface area contributed by atoms with E-state index in [1.165, 1.54) is 12.1 Å². The predicted octanol–water partition coefficient (Wildman–Crippen LogP) is 1.11. The standard InChI is InChI=1S/C12H17FN2O3S/c1-8-9(5-6-18-8)7-15-19(16,17)11-4-2-3-10(13)12(11)14/h2-4,8-9,15H,5-7,14H2,1H3. The van der Waals surface area contributed by atoms with Crippen molar-refractivity contribution in [3.05, 3.63) is 24.0 Å². The highest BCUT2D eigenvalue weighted by atomic mass is 32.2. The van der Waals surface area contributed by atoms with E-state index in [1.807, 2.05) is 6.92 Å². The van der Waals surface area contributed by atoms with Crippen LogP contribution in [0, 0.1) is 11.7 Å². The molecule has 5 nitrogen and oxygen atoms in total. The average molecular weight is 288 g/mol. The van der Waals surface area contributed by atoms with Crippen molar-refractivity contribution in [1.29, 1.82) is 0 Å². The first-order chi connectivity index (χ1) is 8.92. The Kier molecular flexibility index (Phi) is 4.07. The maximum atomic E-state index is 13.3. The number of sulfonamides is 1. The van der Waals surface area contributed by atoms with Crippen LogP contribution in [0.15, 0.2) is 23.1 Å². The average Bonchev–Trinajstić information content (AvgIpc) is 2.76. The Morgan fingerprint density at radius 2 is 2.26 bits per heavy atom. The fraction of sp³-hybridized carbons (Fsp3) is 0.500. The van der Waals surface area contributed by atoms with Gasteiger partial charge in [-0.2, -0.15) is 0 Å². The second-order valence-corrected chi connectivity index (χ2v) is 6.36. The van der Waals surface area contributed by atoms with Crippen molar-refractivity contribution in [2.24, 2.45) is 5.92 Å². The highest BCUT2D eigenvalue weighted by Gasteiger charge is 2.27. The quantitative estimate of drug-likeness (QED) is 0.813. The molecule has 2 unspecified atom stereocenters. The monoisotopic (exact) mass is 288 g/mol. The summed E-state index contributed by atoms with van der Waals surface area (Å²) in [5.41, 5.74) is 5.11. The van der Waals surface area contributed by atoms with Gasteiger partial charge in [0, 0.05) is 19.1 Å². The lowest BCUT2D eigenvalue weighted by Crippen LogP contribution is -2.32. The van der Waals surface area contributed by atoms with E-state index in [2.05, 4.69) is 4.72 Å². The lowest BCUT2D eigenvalue weighted by molar-refractivity contribution is 0.107. The van der Waals surface area contributed by atoms with Crippen molar-refractivity contribution in [2.45, 2.75) is 24.3 Å². The largest absolute Gasteiger partial charge is 0.395 e. The van der Waals surface area contributed by atoms with Gasteiger partial charge in [0.05, 0.1) is 11.8 Å². The Hall–Kier alpha value is -1.18. The Labute approximate surface area is 112 Å². The first kappa shape index (κ1) is 14.2. The minimum Gasteiger partial charge on any atom is -0.395 e. The zero-order valence-electron chi connectivity index (χ0n) is 10.6. The number of nitrogen functional groups attached to an aromatic ring is 1. The van der Waals surface area contributed by atoms with Crippen LogP contribution >= 0.6 is 0 Å². The predicted molar refractivity (Wildman–Crippen MR) is 69.5 cm³/mol. The lowest BCUT2D eigenvalue weighted by atomic mass is 10.0. The summed E-state index contributed by atoms with van der Waals surface area (Å²) in [6, 6.07) is 3.73. The molecule has 7 heteroatoms. The van der Waals surface area contributed by atoms with Gasteiger partial charge in [-0.1, -0.05) is 6.07 Å². The summed E-state index contributed by atoms with van der Waals surface area (Å²) in [6.07, 6.45) is 0.829. The van der Waals surface area contributed by atoms with E-state index in [-0.39, 0.29) is 29.1 Å². The zero-order chi connectivity index (χ0) is 14.0. The number of rotatable bonds is 4. The Morgan fingerprint density at radius 1 is 1.53 bits per heavy atom. The molecule has 0 spiro atoms. The normalized spacial score (nSPS) is 23.7. The van der Waals surface area contributed by atoms with Gasteiger partial charge in [-0.05, 0) is 25.5 Å². The SMILES string of the molecule is CC1OCCC1CNS(=O)(=O)c1cccc(F)c1N. The fourth-order valence-corrected chi connectivity index (χ4v) is 3.32. The van der Waals surface area contributed by atoms with Gasteiger partial charge in [0.25, 0.3) is 0 Å². The van der Waals surface area contributed by atoms with Crippen molar-refractivity contribution in [3.8, 4) is 0 Å². The van der Waals surface area contributed by atoms with Crippen molar-refractivity contribution in [1.82, 2.24) is 4.72 Å². The summed E-state index contributed by atoms with van der Waals surface area (Å²) in [5, 5.41) is 0. The molecule has 0 aromatic heterocycles. The van der Waals surface area contributed by atoms with E-state index >= 15 is 0 Å². The van der Waals surface area contributed by atoms with Crippen LogP contribution in [0.3, 0.4) is 0 Å². The highest BCUT2D eigenvalue weighted by Crippen LogP contribution is 2.23. The number of benzene rings is 1. The molecule has 1 aromatic carbocycles. The van der Waals surface area contributed by atoms with E-state index in [4.69, 9.17) is 10.5 Å². The number of hydrogen-bond donors (Lipinski definition) is 2. The molecule has 1 saturated heterocycles. The van der Waals surface area contributed by atoms with Crippen LogP contribution < -0.4 is 10.5 Å². The van der Waals surface area contributed by atoms with Gasteiger partial charge in [0.1, 0.15) is 10.7 Å². The van der Waals surface area contributed by atoms with Crippen molar-refractivity contribution < 1.29 is 17.5 Å². The molecule has 1 aromatic rings. The molecule has 0 aliphatic carbocycles. The first-order valence-corrected chi connectivity index (χ1v) is 7.55. The molecule has 3 N–H and O–H groups in total. The summed E-state index contributed by atoms with van der Waals surface area (Å²) in [5.74, 6) is -0.606. The molecule has 1 fully saturated rings. The molecule has 2 rings (SSSR count). The number of halogens is 1. The van der Waals surface area contributed by atoms with Crippen molar-refractivity contribution >= 4 is 15.7 Å². The number of ether oxygens (including phenoxy) is 1. The topological polar surface area (TPSA) is 81.4 Å². The number of anilines is 1. The molecule has 1 aliphatic heterocycles. The third kappa shape index (κ3) is 3.05. The van der Waals surface area contributed by atoms with E-state index < -0.39 is 15.8 Å². The van der Waals surface area contributed by atoms with E-state index in [9.17, 15) is 12.8 Å². The minimum atomic E-state index is -3.79. The fourth-order valence-electron chi connectivity index (χ4n) is 2.09. The van der Waals surface area contributed by atoms with Crippen molar-refractivity contribution in [2.75, 3.05) is 18.9 Å². The van der Waals surface area contributed by atoms with Gasteiger partial charge in [-0.15, -0.1) is 0 Å². The van der Waals surface area contributed by atoms with E-state index in [0.717, 1.165) is 12.5 Å². The molecule has 1 aliphatic rings. The molecular formula is C12H17FN2O3S. The van der Waals surface area contributed by atoms with Crippen LogP contribution in [0.25, 0.3) is 0 Å². The second-order valence-electron chi connectivity index (χ2n) is 4.63. The molecule has 19 heavy (non-hydrogen) atoms. The van der Waals surface area contributed by atoms with E-state index in [0.29, 0.717) is 6.61 Å². The van der Waals surface area contributed by atoms with E-state index in [1.54, 1.807) is 0 Å². The molecule has 0 bridgehead atoms. The van der Waals surface area contributed by atoms with Gasteiger partial charge in [-0.25, -0.2) is 17.5 Å². The van der Waals surface area contributed by atoms with Crippen LogP contribution in [0.2, 0.25) is 0 Å². The van der Waals surface area contributed by atoms with Gasteiger partial charge in [0.2, 0.25) is 10.0 Å². The summed E-state index contributed by atoms with van der Waals surface area (Å²) < 4.78 is 45.2. The summed E-state index contributed by atoms with van der Waals surface area (Å²) in [6.45, 7) is 2.80. The van der Waals surface area contributed by atoms with Gasteiger partial charge >= 0.3 is 0 Å². The number of hydrogen-bond acceptors (Lipinski definition) is 4.